The summed E-state index contributed by atoms with van der Waals surface area (Å²) in [6, 6.07) is 7.35. The van der Waals surface area contributed by atoms with Crippen molar-refractivity contribution in [3.8, 4) is 5.75 Å². The first-order valence-corrected chi connectivity index (χ1v) is 3.87. The molecule has 3 N–H and O–H groups in total. The van der Waals surface area contributed by atoms with Crippen molar-refractivity contribution >= 4 is 11.6 Å². The summed E-state index contributed by atoms with van der Waals surface area (Å²) < 4.78 is 5.01. The fourth-order valence-corrected chi connectivity index (χ4v) is 0.945. The van der Waals surface area contributed by atoms with E-state index in [1.54, 1.807) is 19.1 Å². The molecule has 0 heterocycles. The molecule has 0 aliphatic carbocycles. The van der Waals surface area contributed by atoms with Crippen molar-refractivity contribution in [3.63, 3.8) is 0 Å². The van der Waals surface area contributed by atoms with Gasteiger partial charge >= 0.3 is 0 Å². The second-order valence-electron chi connectivity index (χ2n) is 2.64. The van der Waals surface area contributed by atoms with Gasteiger partial charge in [-0.25, -0.2) is 0 Å². The zero-order valence-electron chi connectivity index (χ0n) is 7.74. The van der Waals surface area contributed by atoms with Gasteiger partial charge in [-0.3, -0.25) is 5.41 Å². The van der Waals surface area contributed by atoms with E-state index in [1.807, 2.05) is 24.3 Å². The number of anilines is 1. The minimum absolute atomic E-state index is 0.0187. The highest BCUT2D eigenvalue weighted by Gasteiger charge is 2.02. The Balaban J connectivity index is 2.85. The molecule has 1 aromatic rings. The molecule has 1 aromatic carbocycles. The van der Waals surface area contributed by atoms with Crippen LogP contribution in [0.25, 0.3) is 0 Å². The minimum Gasteiger partial charge on any atom is -0.497 e. The summed E-state index contributed by atoms with van der Waals surface area (Å²) >= 11 is 0. The molecule has 1 rings (SSSR count). The van der Waals surface area contributed by atoms with E-state index in [0.717, 1.165) is 11.4 Å². The van der Waals surface area contributed by atoms with Crippen LogP contribution < -0.4 is 15.4 Å². The molecular weight excluding hydrogens is 166 g/mol. The average molecular weight is 179 g/mol. The third-order valence-electron chi connectivity index (χ3n) is 1.82. The molecule has 13 heavy (non-hydrogen) atoms. The first kappa shape index (κ1) is 9.38. The van der Waals surface area contributed by atoms with Crippen molar-refractivity contribution in [1.29, 1.82) is 5.41 Å². The van der Waals surface area contributed by atoms with Gasteiger partial charge in [-0.2, -0.15) is 0 Å². The molecule has 70 valence electrons. The number of ether oxygens (including phenoxy) is 1. The van der Waals surface area contributed by atoms with E-state index in [0.29, 0.717) is 0 Å². The Kier molecular flexibility index (Phi) is 2.74. The van der Waals surface area contributed by atoms with E-state index in [2.05, 4.69) is 0 Å². The van der Waals surface area contributed by atoms with Crippen molar-refractivity contribution < 1.29 is 4.74 Å². The Bertz CT molecular complexity index is 294. The van der Waals surface area contributed by atoms with Crippen LogP contribution in [0.1, 0.15) is 0 Å². The van der Waals surface area contributed by atoms with E-state index in [-0.39, 0.29) is 5.96 Å². The van der Waals surface area contributed by atoms with Gasteiger partial charge in [-0.05, 0) is 24.3 Å². The van der Waals surface area contributed by atoms with Crippen molar-refractivity contribution in [3.05, 3.63) is 24.3 Å². The van der Waals surface area contributed by atoms with Crippen molar-refractivity contribution in [2.75, 3.05) is 19.1 Å². The predicted octanol–water partition coefficient (Wildman–Crippen LogP) is 1.02. The molecule has 4 heteroatoms. The van der Waals surface area contributed by atoms with Crippen molar-refractivity contribution in [2.45, 2.75) is 0 Å². The highest BCUT2D eigenvalue weighted by molar-refractivity contribution is 5.91. The maximum atomic E-state index is 7.21. The lowest BCUT2D eigenvalue weighted by atomic mass is 10.3. The molecule has 0 unspecified atom stereocenters. The van der Waals surface area contributed by atoms with E-state index < -0.39 is 0 Å². The number of benzene rings is 1. The molecule has 0 bridgehead atoms. The topological polar surface area (TPSA) is 62.3 Å². The molecule has 0 atom stereocenters. The largest absolute Gasteiger partial charge is 0.497 e. The van der Waals surface area contributed by atoms with Crippen LogP contribution in [0.15, 0.2) is 24.3 Å². The summed E-state index contributed by atoms with van der Waals surface area (Å²) in [4.78, 5) is 1.58. The second-order valence-corrected chi connectivity index (χ2v) is 2.64. The Labute approximate surface area is 77.4 Å². The predicted molar refractivity (Wildman–Crippen MR) is 53.3 cm³/mol. The van der Waals surface area contributed by atoms with Crippen LogP contribution in [0, 0.1) is 5.41 Å². The minimum atomic E-state index is 0.0187. The lowest BCUT2D eigenvalue weighted by Crippen LogP contribution is -2.32. The molecule has 0 amide bonds. The van der Waals surface area contributed by atoms with Crippen LogP contribution in [0.3, 0.4) is 0 Å². The molecule has 0 saturated heterocycles. The smallest absolute Gasteiger partial charge is 0.192 e. The number of nitrogens with two attached hydrogens (primary N) is 1. The Morgan fingerprint density at radius 3 is 2.31 bits per heavy atom. The fourth-order valence-electron chi connectivity index (χ4n) is 0.945. The lowest BCUT2D eigenvalue weighted by Gasteiger charge is -2.16. The molecule has 0 aliphatic rings. The van der Waals surface area contributed by atoms with Crippen LogP contribution in [0.2, 0.25) is 0 Å². The van der Waals surface area contributed by atoms with Crippen LogP contribution in [-0.2, 0) is 0 Å². The average Bonchev–Trinajstić information content (AvgIpc) is 2.17. The number of hydrogen-bond acceptors (Lipinski definition) is 2. The summed E-state index contributed by atoms with van der Waals surface area (Å²) in [5, 5.41) is 7.21. The summed E-state index contributed by atoms with van der Waals surface area (Å²) in [7, 11) is 3.35. The summed E-state index contributed by atoms with van der Waals surface area (Å²) in [5.41, 5.74) is 6.19. The third-order valence-corrected chi connectivity index (χ3v) is 1.82. The number of guanidine groups is 1. The number of hydrogen-bond donors (Lipinski definition) is 2. The molecule has 0 saturated carbocycles. The summed E-state index contributed by atoms with van der Waals surface area (Å²) in [6.45, 7) is 0. The lowest BCUT2D eigenvalue weighted by molar-refractivity contribution is 0.415. The fraction of sp³-hybridized carbons (Fsp3) is 0.222. The molecule has 4 nitrogen and oxygen atoms in total. The van der Waals surface area contributed by atoms with E-state index in [4.69, 9.17) is 15.9 Å². The zero-order chi connectivity index (χ0) is 9.84. The van der Waals surface area contributed by atoms with E-state index in [9.17, 15) is 0 Å². The Hall–Kier alpha value is -1.71. The third kappa shape index (κ3) is 2.11. The van der Waals surface area contributed by atoms with Crippen molar-refractivity contribution in [2.24, 2.45) is 5.73 Å². The first-order valence-electron chi connectivity index (χ1n) is 3.87. The standard InChI is InChI=1S/C9H13N3O/c1-12(9(10)11)7-3-5-8(13-2)6-4-7/h3-6H,1-2H3,(H3,10,11). The van der Waals surface area contributed by atoms with Gasteiger partial charge in [-0.1, -0.05) is 0 Å². The molecule has 0 aliphatic heterocycles. The highest BCUT2D eigenvalue weighted by Crippen LogP contribution is 2.17. The van der Waals surface area contributed by atoms with Gasteiger partial charge in [0.15, 0.2) is 5.96 Å². The normalized spacial score (nSPS) is 9.38. The van der Waals surface area contributed by atoms with Gasteiger partial charge in [0.1, 0.15) is 5.75 Å². The number of methoxy groups -OCH3 is 1. The summed E-state index contributed by atoms with van der Waals surface area (Å²) in [5.74, 6) is 0.811. The van der Waals surface area contributed by atoms with Crippen molar-refractivity contribution in [1.82, 2.24) is 0 Å². The molecule has 0 aromatic heterocycles. The Morgan fingerprint density at radius 2 is 1.92 bits per heavy atom. The number of rotatable bonds is 2. The molecule has 0 fully saturated rings. The molecular formula is C9H13N3O. The van der Waals surface area contributed by atoms with Gasteiger partial charge in [0, 0.05) is 12.7 Å². The van der Waals surface area contributed by atoms with Gasteiger partial charge < -0.3 is 15.4 Å². The maximum Gasteiger partial charge on any atom is 0.192 e. The highest BCUT2D eigenvalue weighted by atomic mass is 16.5. The van der Waals surface area contributed by atoms with Crippen LogP contribution in [0.4, 0.5) is 5.69 Å². The zero-order valence-corrected chi connectivity index (χ0v) is 7.74. The van der Waals surface area contributed by atoms with Crippen LogP contribution >= 0.6 is 0 Å². The quantitative estimate of drug-likeness (QED) is 0.526. The van der Waals surface area contributed by atoms with E-state index in [1.165, 1.54) is 0 Å². The summed E-state index contributed by atoms with van der Waals surface area (Å²) in [6.07, 6.45) is 0. The van der Waals surface area contributed by atoms with Gasteiger partial charge in [0.2, 0.25) is 0 Å². The monoisotopic (exact) mass is 179 g/mol. The second kappa shape index (κ2) is 3.80. The SMILES string of the molecule is COc1ccc(N(C)C(=N)N)cc1. The van der Waals surface area contributed by atoms with Crippen LogP contribution in [0.5, 0.6) is 5.75 Å². The van der Waals surface area contributed by atoms with Gasteiger partial charge in [0.25, 0.3) is 0 Å². The molecule has 0 spiro atoms. The van der Waals surface area contributed by atoms with Crippen LogP contribution in [-0.4, -0.2) is 20.1 Å². The molecule has 0 radical (unpaired) electrons. The van der Waals surface area contributed by atoms with E-state index >= 15 is 0 Å². The first-order chi connectivity index (χ1) is 6.15. The van der Waals surface area contributed by atoms with Gasteiger partial charge in [-0.15, -0.1) is 0 Å². The number of nitrogens with zero attached hydrogens (tertiary/aromatic N) is 1. The Morgan fingerprint density at radius 1 is 1.38 bits per heavy atom. The number of nitrogens with one attached hydrogen (secondary N) is 1. The maximum absolute atomic E-state index is 7.21. The van der Waals surface area contributed by atoms with Gasteiger partial charge in [0.05, 0.1) is 7.11 Å².